The van der Waals surface area contributed by atoms with Gasteiger partial charge in [-0.2, -0.15) is 0 Å². The number of Topliss-reactive ketones (excluding diaryl/α,β-unsaturated/α-hetero) is 1. The number of fused-ring (bicyclic) bond motifs is 1. The third-order valence-electron chi connectivity index (χ3n) is 4.94. The van der Waals surface area contributed by atoms with E-state index in [0.29, 0.717) is 18.7 Å². The Labute approximate surface area is 174 Å². The van der Waals surface area contributed by atoms with Gasteiger partial charge in [0, 0.05) is 11.1 Å². The van der Waals surface area contributed by atoms with E-state index in [1.165, 1.54) is 12.1 Å². The van der Waals surface area contributed by atoms with Crippen LogP contribution >= 0.6 is 0 Å². The molecule has 0 radical (unpaired) electrons. The molecular weight excluding hydrogens is 423 g/mol. The molecule has 0 spiro atoms. The molecule has 2 aromatic carbocycles. The van der Waals surface area contributed by atoms with E-state index in [-0.39, 0.29) is 28.6 Å². The van der Waals surface area contributed by atoms with E-state index < -0.39 is 0 Å². The number of benzene rings is 2. The summed E-state index contributed by atoms with van der Waals surface area (Å²) in [4.78, 5) is 12.8. The Morgan fingerprint density at radius 3 is 2.54 bits per heavy atom. The van der Waals surface area contributed by atoms with Crippen molar-refractivity contribution in [3.05, 3.63) is 71.9 Å². The summed E-state index contributed by atoms with van der Waals surface area (Å²) in [5, 5.41) is 0. The van der Waals surface area contributed by atoms with Crippen LogP contribution in [0.15, 0.2) is 54.7 Å². The first-order valence-electron chi connectivity index (χ1n) is 9.29. The molecule has 0 fully saturated rings. The number of hydrogen-bond acceptors (Lipinski definition) is 2. The number of carbonyl (C=O) groups is 1. The summed E-state index contributed by atoms with van der Waals surface area (Å²) in [7, 11) is 0. The fraction of sp³-hybridized carbons (Fsp3) is 0.273. The van der Waals surface area contributed by atoms with Gasteiger partial charge in [0.1, 0.15) is 17.8 Å². The Balaban J connectivity index is 0.00000225. The van der Waals surface area contributed by atoms with Gasteiger partial charge in [0.2, 0.25) is 5.78 Å². The molecule has 0 amide bonds. The van der Waals surface area contributed by atoms with Gasteiger partial charge in [0.25, 0.3) is 5.82 Å². The number of imidazole rings is 1. The highest BCUT2D eigenvalue weighted by atomic mass is 79.9. The van der Waals surface area contributed by atoms with E-state index in [0.717, 1.165) is 42.2 Å². The van der Waals surface area contributed by atoms with Crippen molar-refractivity contribution in [3.63, 3.8) is 0 Å². The molecule has 4 nitrogen and oxygen atoms in total. The summed E-state index contributed by atoms with van der Waals surface area (Å²) < 4.78 is 23.0. The molecule has 1 aromatic heterocycles. The van der Waals surface area contributed by atoms with Crippen LogP contribution < -0.4 is 26.3 Å². The fourth-order valence-corrected chi connectivity index (χ4v) is 3.65. The lowest BCUT2D eigenvalue weighted by Crippen LogP contribution is -3.00. The average molecular weight is 445 g/mol. The molecule has 0 saturated heterocycles. The summed E-state index contributed by atoms with van der Waals surface area (Å²) in [6, 6.07) is 13.8. The van der Waals surface area contributed by atoms with E-state index in [4.69, 9.17) is 4.74 Å². The second-order valence-electron chi connectivity index (χ2n) is 6.70. The zero-order valence-electron chi connectivity index (χ0n) is 15.7. The van der Waals surface area contributed by atoms with Gasteiger partial charge in [-0.05, 0) is 61.9 Å². The number of ether oxygens (including phenoxy) is 1. The minimum absolute atomic E-state index is 0. The molecule has 3 aromatic rings. The maximum absolute atomic E-state index is 13.3. The summed E-state index contributed by atoms with van der Waals surface area (Å²) in [6.07, 6.45) is 4.01. The largest absolute Gasteiger partial charge is 1.00 e. The topological polar surface area (TPSA) is 35.1 Å². The number of ketones is 1. The first-order chi connectivity index (χ1) is 13.2. The zero-order chi connectivity index (χ0) is 18.8. The minimum Gasteiger partial charge on any atom is -1.00 e. The van der Waals surface area contributed by atoms with E-state index in [9.17, 15) is 9.18 Å². The maximum Gasteiger partial charge on any atom is 0.257 e. The van der Waals surface area contributed by atoms with Crippen LogP contribution in [-0.2, 0) is 19.5 Å². The monoisotopic (exact) mass is 444 g/mol. The van der Waals surface area contributed by atoms with E-state index >= 15 is 0 Å². The highest BCUT2D eigenvalue weighted by Gasteiger charge is 2.29. The molecule has 146 valence electrons. The molecule has 0 bridgehead atoms. The molecule has 0 saturated carbocycles. The van der Waals surface area contributed by atoms with Gasteiger partial charge in [-0.15, -0.1) is 0 Å². The van der Waals surface area contributed by atoms with E-state index in [1.54, 1.807) is 12.1 Å². The molecule has 0 N–H and O–H groups in total. The molecule has 1 aliphatic heterocycles. The molecule has 28 heavy (non-hydrogen) atoms. The Bertz CT molecular complexity index is 965. The molecule has 6 heteroatoms. The lowest BCUT2D eigenvalue weighted by Gasteiger charge is -2.04. The van der Waals surface area contributed by atoms with Crippen LogP contribution in [0.25, 0.3) is 11.3 Å². The maximum atomic E-state index is 13.3. The molecule has 0 atom stereocenters. The Morgan fingerprint density at radius 2 is 1.86 bits per heavy atom. The number of hydrogen-bond donors (Lipinski definition) is 0. The summed E-state index contributed by atoms with van der Waals surface area (Å²) in [5.41, 5.74) is 2.67. The van der Waals surface area contributed by atoms with Crippen molar-refractivity contribution in [1.82, 2.24) is 4.57 Å². The van der Waals surface area contributed by atoms with Crippen LogP contribution in [0.2, 0.25) is 0 Å². The molecule has 0 aliphatic carbocycles. The lowest BCUT2D eigenvalue weighted by molar-refractivity contribution is -0.689. The standard InChI is InChI=1S/C22H22FN2O2.BrH/c1-2-27-19-11-7-17(8-12-19)21(26)15-24-14-20(25-13-3-4-22(24)25)16-5-9-18(23)10-6-16;/h5-12,14H,2-4,13,15H2,1H3;1H/q+1;/p-1. The third kappa shape index (κ3) is 4.02. The summed E-state index contributed by atoms with van der Waals surface area (Å²) in [6.45, 7) is 3.75. The third-order valence-corrected chi connectivity index (χ3v) is 4.94. The first kappa shape index (κ1) is 20.3. The van der Waals surface area contributed by atoms with Crippen LogP contribution in [0.1, 0.15) is 29.5 Å². The Hall–Kier alpha value is -2.47. The van der Waals surface area contributed by atoms with Crippen LogP contribution in [0.4, 0.5) is 4.39 Å². The molecule has 2 heterocycles. The van der Waals surface area contributed by atoms with Gasteiger partial charge in [-0.1, -0.05) is 0 Å². The van der Waals surface area contributed by atoms with Gasteiger partial charge in [0.05, 0.1) is 19.6 Å². The number of carbonyl (C=O) groups excluding carboxylic acids is 1. The molecule has 0 unspecified atom stereocenters. The number of rotatable bonds is 6. The predicted molar refractivity (Wildman–Crippen MR) is 100 cm³/mol. The van der Waals surface area contributed by atoms with Crippen molar-refractivity contribution >= 4 is 5.78 Å². The van der Waals surface area contributed by atoms with Crippen molar-refractivity contribution in [2.75, 3.05) is 6.61 Å². The summed E-state index contributed by atoms with van der Waals surface area (Å²) >= 11 is 0. The van der Waals surface area contributed by atoms with Crippen molar-refractivity contribution in [3.8, 4) is 17.0 Å². The molecule has 1 aliphatic rings. The zero-order valence-corrected chi connectivity index (χ0v) is 17.3. The highest BCUT2D eigenvalue weighted by molar-refractivity contribution is 5.95. The Kier molecular flexibility index (Phi) is 6.29. The van der Waals surface area contributed by atoms with Crippen LogP contribution in [0.5, 0.6) is 5.75 Å². The molecule has 4 rings (SSSR count). The van der Waals surface area contributed by atoms with Crippen LogP contribution in [0, 0.1) is 5.82 Å². The predicted octanol–water partition coefficient (Wildman–Crippen LogP) is 0.813. The average Bonchev–Trinajstić information content (AvgIpc) is 3.27. The quantitative estimate of drug-likeness (QED) is 0.416. The van der Waals surface area contributed by atoms with Crippen molar-refractivity contribution in [1.29, 1.82) is 0 Å². The smallest absolute Gasteiger partial charge is 0.257 e. The second-order valence-corrected chi connectivity index (χ2v) is 6.70. The van der Waals surface area contributed by atoms with E-state index in [1.807, 2.05) is 42.0 Å². The highest BCUT2D eigenvalue weighted by Crippen LogP contribution is 2.25. The summed E-state index contributed by atoms with van der Waals surface area (Å²) in [5.74, 6) is 1.73. The van der Waals surface area contributed by atoms with Gasteiger partial charge in [-0.3, -0.25) is 4.79 Å². The van der Waals surface area contributed by atoms with Crippen LogP contribution in [-0.4, -0.2) is 17.0 Å². The van der Waals surface area contributed by atoms with Crippen molar-refractivity contribution in [2.45, 2.75) is 32.9 Å². The van der Waals surface area contributed by atoms with Crippen LogP contribution in [0.3, 0.4) is 0 Å². The van der Waals surface area contributed by atoms with Crippen molar-refractivity contribution in [2.24, 2.45) is 0 Å². The number of halogens is 2. The number of nitrogens with zero attached hydrogens (tertiary/aromatic N) is 2. The molecular formula is C22H22BrFN2O2. The number of aromatic nitrogens is 2. The normalized spacial score (nSPS) is 12.4. The Morgan fingerprint density at radius 1 is 1.14 bits per heavy atom. The SMILES string of the molecule is CCOc1ccc(C(=O)C[n+]2cc(-c3ccc(F)cc3)n3c2CCC3)cc1.[Br-]. The van der Waals surface area contributed by atoms with Gasteiger partial charge in [0.15, 0.2) is 12.2 Å². The lowest BCUT2D eigenvalue weighted by atomic mass is 10.1. The van der Waals surface area contributed by atoms with Crippen molar-refractivity contribution < 1.29 is 35.5 Å². The fourth-order valence-electron chi connectivity index (χ4n) is 3.65. The van der Waals surface area contributed by atoms with E-state index in [2.05, 4.69) is 4.57 Å². The second kappa shape index (κ2) is 8.69. The first-order valence-corrected chi connectivity index (χ1v) is 9.29. The minimum atomic E-state index is -0.245. The van der Waals surface area contributed by atoms with Gasteiger partial charge < -0.3 is 21.7 Å². The van der Waals surface area contributed by atoms with Gasteiger partial charge in [-0.25, -0.2) is 13.5 Å². The van der Waals surface area contributed by atoms with Gasteiger partial charge >= 0.3 is 0 Å².